The zero-order valence-corrected chi connectivity index (χ0v) is 16.0. The number of alkyl halides is 2. The standard InChI is InChI=1S/C19H23Br2N/c20-13-7-12-19(21)16-22(14-17-8-3-1-4-9-17)15-18-10-5-2-6-11-18/h1-6,8-11,19H,7,12-16H2. The van der Waals surface area contributed by atoms with Crippen LogP contribution in [0.4, 0.5) is 0 Å². The summed E-state index contributed by atoms with van der Waals surface area (Å²) < 4.78 is 0. The van der Waals surface area contributed by atoms with Crippen LogP contribution in [0.3, 0.4) is 0 Å². The highest BCUT2D eigenvalue weighted by Crippen LogP contribution is 2.16. The van der Waals surface area contributed by atoms with Gasteiger partial charge < -0.3 is 0 Å². The molecule has 3 heteroatoms. The normalized spacial score (nSPS) is 12.5. The van der Waals surface area contributed by atoms with Crippen LogP contribution in [0.5, 0.6) is 0 Å². The lowest BCUT2D eigenvalue weighted by atomic mass is 10.1. The third-order valence-electron chi connectivity index (χ3n) is 3.61. The molecule has 0 saturated carbocycles. The molecule has 0 radical (unpaired) electrons. The lowest BCUT2D eigenvalue weighted by molar-refractivity contribution is 0.256. The Kier molecular flexibility index (Phi) is 8.21. The van der Waals surface area contributed by atoms with Crippen LogP contribution >= 0.6 is 31.9 Å². The maximum absolute atomic E-state index is 3.84. The molecular formula is C19H23Br2N. The molecule has 1 atom stereocenters. The number of benzene rings is 2. The molecule has 1 nitrogen and oxygen atoms in total. The van der Waals surface area contributed by atoms with Crippen molar-refractivity contribution in [2.75, 3.05) is 11.9 Å². The van der Waals surface area contributed by atoms with Gasteiger partial charge in [-0.25, -0.2) is 0 Å². The number of nitrogens with zero attached hydrogens (tertiary/aromatic N) is 1. The minimum atomic E-state index is 0.539. The summed E-state index contributed by atoms with van der Waals surface area (Å²) in [6, 6.07) is 21.5. The van der Waals surface area contributed by atoms with E-state index < -0.39 is 0 Å². The minimum absolute atomic E-state index is 0.539. The van der Waals surface area contributed by atoms with Crippen LogP contribution in [0, 0.1) is 0 Å². The van der Waals surface area contributed by atoms with Gasteiger partial charge in [0.1, 0.15) is 0 Å². The van der Waals surface area contributed by atoms with Crippen molar-refractivity contribution in [3.8, 4) is 0 Å². The number of rotatable bonds is 9. The fourth-order valence-corrected chi connectivity index (χ4v) is 3.60. The second-order valence-electron chi connectivity index (χ2n) is 5.57. The predicted molar refractivity (Wildman–Crippen MR) is 103 cm³/mol. The summed E-state index contributed by atoms with van der Waals surface area (Å²) in [7, 11) is 0. The highest BCUT2D eigenvalue weighted by Gasteiger charge is 2.12. The van der Waals surface area contributed by atoms with Crippen molar-refractivity contribution < 1.29 is 0 Å². The summed E-state index contributed by atoms with van der Waals surface area (Å²) in [6.07, 6.45) is 2.41. The Hall–Kier alpha value is -0.640. The minimum Gasteiger partial charge on any atom is -0.294 e. The van der Waals surface area contributed by atoms with E-state index in [-0.39, 0.29) is 0 Å². The Balaban J connectivity index is 1.99. The Morgan fingerprint density at radius 3 is 1.77 bits per heavy atom. The molecule has 0 aliphatic carbocycles. The summed E-state index contributed by atoms with van der Waals surface area (Å²) in [5, 5.41) is 1.08. The second-order valence-corrected chi connectivity index (χ2v) is 7.66. The van der Waals surface area contributed by atoms with Gasteiger partial charge in [-0.15, -0.1) is 0 Å². The Bertz CT molecular complexity index is 474. The Morgan fingerprint density at radius 2 is 1.32 bits per heavy atom. The Labute approximate surface area is 151 Å². The van der Waals surface area contributed by atoms with Crippen molar-refractivity contribution in [1.82, 2.24) is 4.90 Å². The van der Waals surface area contributed by atoms with Crippen LogP contribution in [-0.2, 0) is 13.1 Å². The molecule has 1 unspecified atom stereocenters. The zero-order valence-electron chi connectivity index (χ0n) is 12.8. The summed E-state index contributed by atoms with van der Waals surface area (Å²) in [5.41, 5.74) is 2.75. The van der Waals surface area contributed by atoms with Gasteiger partial charge in [-0.1, -0.05) is 92.5 Å². The largest absolute Gasteiger partial charge is 0.294 e. The van der Waals surface area contributed by atoms with Gasteiger partial charge in [-0.05, 0) is 24.0 Å². The van der Waals surface area contributed by atoms with Crippen LogP contribution in [0.15, 0.2) is 60.7 Å². The maximum atomic E-state index is 3.84. The average molecular weight is 425 g/mol. The molecule has 0 heterocycles. The molecule has 2 aromatic rings. The SMILES string of the molecule is BrCCCC(Br)CN(Cc1ccccc1)Cc1ccccc1. The molecule has 0 bridgehead atoms. The van der Waals surface area contributed by atoms with Gasteiger partial charge in [0.2, 0.25) is 0 Å². The van der Waals surface area contributed by atoms with Crippen LogP contribution in [0.1, 0.15) is 24.0 Å². The van der Waals surface area contributed by atoms with E-state index in [1.54, 1.807) is 0 Å². The fourth-order valence-electron chi connectivity index (χ4n) is 2.54. The molecule has 22 heavy (non-hydrogen) atoms. The van der Waals surface area contributed by atoms with Crippen molar-refractivity contribution in [2.45, 2.75) is 30.8 Å². The molecule has 0 amide bonds. The van der Waals surface area contributed by atoms with Crippen molar-refractivity contribution in [2.24, 2.45) is 0 Å². The first kappa shape index (κ1) is 17.7. The van der Waals surface area contributed by atoms with Gasteiger partial charge in [-0.3, -0.25) is 4.90 Å². The summed E-state index contributed by atoms with van der Waals surface area (Å²) in [4.78, 5) is 3.07. The Morgan fingerprint density at radius 1 is 0.818 bits per heavy atom. The second kappa shape index (κ2) is 10.2. The monoisotopic (exact) mass is 423 g/mol. The first-order valence-corrected chi connectivity index (χ1v) is 9.82. The predicted octanol–water partition coefficient (Wildman–Crippen LogP) is 5.63. The number of hydrogen-bond donors (Lipinski definition) is 0. The van der Waals surface area contributed by atoms with E-state index >= 15 is 0 Å². The third kappa shape index (κ3) is 6.64. The topological polar surface area (TPSA) is 3.24 Å². The van der Waals surface area contributed by atoms with Crippen molar-refractivity contribution in [3.05, 3.63) is 71.8 Å². The third-order valence-corrected chi connectivity index (χ3v) is 4.91. The van der Waals surface area contributed by atoms with E-state index in [1.165, 1.54) is 24.0 Å². The smallest absolute Gasteiger partial charge is 0.0273 e. The molecule has 0 saturated heterocycles. The highest BCUT2D eigenvalue weighted by molar-refractivity contribution is 9.09. The summed E-state index contributed by atoms with van der Waals surface area (Å²) in [5.74, 6) is 0. The molecule has 0 aliphatic rings. The van der Waals surface area contributed by atoms with Gasteiger partial charge in [0, 0.05) is 29.8 Å². The maximum Gasteiger partial charge on any atom is 0.0273 e. The first-order chi connectivity index (χ1) is 10.8. The highest BCUT2D eigenvalue weighted by atomic mass is 79.9. The molecule has 118 valence electrons. The van der Waals surface area contributed by atoms with Gasteiger partial charge in [0.25, 0.3) is 0 Å². The lowest BCUT2D eigenvalue weighted by Gasteiger charge is -2.25. The lowest BCUT2D eigenvalue weighted by Crippen LogP contribution is -2.29. The van der Waals surface area contributed by atoms with Gasteiger partial charge in [0.05, 0.1) is 0 Å². The molecule has 2 aromatic carbocycles. The van der Waals surface area contributed by atoms with Gasteiger partial charge >= 0.3 is 0 Å². The van der Waals surface area contributed by atoms with Gasteiger partial charge in [-0.2, -0.15) is 0 Å². The molecular weight excluding hydrogens is 402 g/mol. The van der Waals surface area contributed by atoms with Crippen molar-refractivity contribution in [3.63, 3.8) is 0 Å². The molecule has 0 fully saturated rings. The van der Waals surface area contributed by atoms with E-state index in [9.17, 15) is 0 Å². The van der Waals surface area contributed by atoms with Crippen LogP contribution < -0.4 is 0 Å². The fraction of sp³-hybridized carbons (Fsp3) is 0.368. The summed E-state index contributed by atoms with van der Waals surface area (Å²) >= 11 is 7.36. The van der Waals surface area contributed by atoms with Crippen LogP contribution in [-0.4, -0.2) is 21.6 Å². The van der Waals surface area contributed by atoms with Gasteiger partial charge in [0.15, 0.2) is 0 Å². The molecule has 2 rings (SSSR count). The van der Waals surface area contributed by atoms with Crippen LogP contribution in [0.2, 0.25) is 0 Å². The average Bonchev–Trinajstić information content (AvgIpc) is 2.55. The van der Waals surface area contributed by atoms with Crippen molar-refractivity contribution >= 4 is 31.9 Å². The molecule has 0 N–H and O–H groups in total. The van der Waals surface area contributed by atoms with E-state index in [0.717, 1.165) is 25.0 Å². The van der Waals surface area contributed by atoms with E-state index in [4.69, 9.17) is 0 Å². The van der Waals surface area contributed by atoms with Crippen LogP contribution in [0.25, 0.3) is 0 Å². The van der Waals surface area contributed by atoms with E-state index in [1.807, 2.05) is 0 Å². The molecule has 0 aromatic heterocycles. The molecule has 0 aliphatic heterocycles. The number of halogens is 2. The zero-order chi connectivity index (χ0) is 15.6. The quantitative estimate of drug-likeness (QED) is 0.471. The van der Waals surface area contributed by atoms with E-state index in [0.29, 0.717) is 4.83 Å². The summed E-state index contributed by atoms with van der Waals surface area (Å²) in [6.45, 7) is 3.05. The molecule has 0 spiro atoms. The van der Waals surface area contributed by atoms with E-state index in [2.05, 4.69) is 97.4 Å². The number of hydrogen-bond acceptors (Lipinski definition) is 1. The first-order valence-electron chi connectivity index (χ1n) is 7.78. The van der Waals surface area contributed by atoms with Crippen molar-refractivity contribution in [1.29, 1.82) is 0 Å².